The smallest absolute Gasteiger partial charge is 0.233 e. The first kappa shape index (κ1) is 18.8. The van der Waals surface area contributed by atoms with Crippen LogP contribution in [-0.4, -0.2) is 47.4 Å². The molecule has 2 rings (SSSR count). The number of nitrogens with one attached hydrogen (secondary N) is 1. The molecule has 0 bridgehead atoms. The Hall–Kier alpha value is -1.49. The van der Waals surface area contributed by atoms with Crippen molar-refractivity contribution in [1.29, 1.82) is 0 Å². The SMILES string of the molecule is CCC(C(=O)N1CCC(NC(=O)C(C)SC)CC1)c1ccccc1. The van der Waals surface area contributed by atoms with Gasteiger partial charge in [-0.15, -0.1) is 0 Å². The highest BCUT2D eigenvalue weighted by Crippen LogP contribution is 2.24. The van der Waals surface area contributed by atoms with E-state index in [1.54, 1.807) is 11.8 Å². The number of rotatable bonds is 6. The van der Waals surface area contributed by atoms with Crippen molar-refractivity contribution in [2.24, 2.45) is 0 Å². The highest BCUT2D eigenvalue weighted by Gasteiger charge is 2.29. The van der Waals surface area contributed by atoms with Gasteiger partial charge in [0, 0.05) is 19.1 Å². The number of carbonyl (C=O) groups excluding carboxylic acids is 2. The highest BCUT2D eigenvalue weighted by atomic mass is 32.2. The lowest BCUT2D eigenvalue weighted by Crippen LogP contribution is -2.49. The van der Waals surface area contributed by atoms with Crippen molar-refractivity contribution in [2.75, 3.05) is 19.3 Å². The fourth-order valence-corrected chi connectivity index (χ4v) is 3.41. The second-order valence-corrected chi connectivity index (χ2v) is 7.54. The molecule has 4 nitrogen and oxygen atoms in total. The van der Waals surface area contributed by atoms with Crippen LogP contribution >= 0.6 is 11.8 Å². The van der Waals surface area contributed by atoms with Crippen molar-refractivity contribution in [3.05, 3.63) is 35.9 Å². The number of likely N-dealkylation sites (tertiary alicyclic amines) is 1. The lowest BCUT2D eigenvalue weighted by Gasteiger charge is -2.34. The zero-order valence-corrected chi connectivity index (χ0v) is 15.6. The molecule has 0 radical (unpaired) electrons. The van der Waals surface area contributed by atoms with Gasteiger partial charge in [-0.2, -0.15) is 11.8 Å². The van der Waals surface area contributed by atoms with E-state index in [1.807, 2.05) is 48.4 Å². The molecule has 5 heteroatoms. The molecular weight excluding hydrogens is 320 g/mol. The van der Waals surface area contributed by atoms with Crippen molar-refractivity contribution in [3.63, 3.8) is 0 Å². The molecule has 1 aromatic carbocycles. The van der Waals surface area contributed by atoms with E-state index < -0.39 is 0 Å². The maximum absolute atomic E-state index is 12.8. The fraction of sp³-hybridized carbons (Fsp3) is 0.579. The van der Waals surface area contributed by atoms with Crippen molar-refractivity contribution in [3.8, 4) is 0 Å². The lowest BCUT2D eigenvalue weighted by atomic mass is 9.93. The number of nitrogens with zero attached hydrogens (tertiary/aromatic N) is 1. The summed E-state index contributed by atoms with van der Waals surface area (Å²) < 4.78 is 0. The molecule has 24 heavy (non-hydrogen) atoms. The van der Waals surface area contributed by atoms with E-state index in [9.17, 15) is 9.59 Å². The summed E-state index contributed by atoms with van der Waals surface area (Å²) in [6.45, 7) is 5.43. The van der Waals surface area contributed by atoms with Crippen molar-refractivity contribution in [2.45, 2.75) is 50.3 Å². The molecule has 2 atom stereocenters. The van der Waals surface area contributed by atoms with E-state index in [-0.39, 0.29) is 29.0 Å². The Morgan fingerprint density at radius 2 is 1.88 bits per heavy atom. The normalized spacial score (nSPS) is 18.0. The number of thioether (sulfide) groups is 1. The first-order valence-corrected chi connectivity index (χ1v) is 10.0. The lowest BCUT2D eigenvalue weighted by molar-refractivity contribution is -0.134. The van der Waals surface area contributed by atoms with Crippen LogP contribution in [0.3, 0.4) is 0 Å². The van der Waals surface area contributed by atoms with Gasteiger partial charge in [-0.1, -0.05) is 37.3 Å². The molecule has 1 heterocycles. The van der Waals surface area contributed by atoms with Gasteiger partial charge in [-0.25, -0.2) is 0 Å². The molecule has 1 saturated heterocycles. The van der Waals surface area contributed by atoms with E-state index in [0.29, 0.717) is 0 Å². The molecule has 1 aliphatic heterocycles. The summed E-state index contributed by atoms with van der Waals surface area (Å²) in [5, 5.41) is 3.09. The number of piperidine rings is 1. The Morgan fingerprint density at radius 3 is 2.42 bits per heavy atom. The summed E-state index contributed by atoms with van der Waals surface area (Å²) in [6.07, 6.45) is 4.43. The fourth-order valence-electron chi connectivity index (χ4n) is 3.13. The predicted octanol–water partition coefficient (Wildman–Crippen LogP) is 3.04. The Labute approximate surface area is 149 Å². The summed E-state index contributed by atoms with van der Waals surface area (Å²) in [7, 11) is 0. The van der Waals surface area contributed by atoms with Gasteiger partial charge >= 0.3 is 0 Å². The molecule has 1 aliphatic rings. The van der Waals surface area contributed by atoms with Crippen molar-refractivity contribution >= 4 is 23.6 Å². The van der Waals surface area contributed by atoms with Gasteiger partial charge in [-0.3, -0.25) is 9.59 Å². The number of carbonyl (C=O) groups is 2. The van der Waals surface area contributed by atoms with Gasteiger partial charge in [0.1, 0.15) is 0 Å². The van der Waals surface area contributed by atoms with Crippen LogP contribution in [0.25, 0.3) is 0 Å². The summed E-state index contributed by atoms with van der Waals surface area (Å²) in [4.78, 5) is 26.8. The zero-order chi connectivity index (χ0) is 17.5. The number of hydrogen-bond donors (Lipinski definition) is 1. The Morgan fingerprint density at radius 1 is 1.25 bits per heavy atom. The molecule has 0 spiro atoms. The summed E-state index contributed by atoms with van der Waals surface area (Å²) >= 11 is 1.55. The maximum Gasteiger partial charge on any atom is 0.233 e. The Bertz CT molecular complexity index is 542. The molecule has 2 unspecified atom stereocenters. The summed E-state index contributed by atoms with van der Waals surface area (Å²) in [5.74, 6) is 0.253. The van der Waals surface area contributed by atoms with Gasteiger partial charge in [0.25, 0.3) is 0 Å². The van der Waals surface area contributed by atoms with Crippen LogP contribution < -0.4 is 5.32 Å². The largest absolute Gasteiger partial charge is 0.352 e. The molecule has 0 aromatic heterocycles. The Balaban J connectivity index is 1.89. The van der Waals surface area contributed by atoms with Gasteiger partial charge in [0.05, 0.1) is 11.2 Å². The summed E-state index contributed by atoms with van der Waals surface area (Å²) in [6, 6.07) is 10.2. The quantitative estimate of drug-likeness (QED) is 0.860. The molecule has 2 amide bonds. The van der Waals surface area contributed by atoms with Crippen LogP contribution in [0.1, 0.15) is 44.6 Å². The number of hydrogen-bond acceptors (Lipinski definition) is 3. The third-order valence-electron chi connectivity index (χ3n) is 4.78. The minimum Gasteiger partial charge on any atom is -0.352 e. The molecule has 132 valence electrons. The van der Waals surface area contributed by atoms with Crippen molar-refractivity contribution < 1.29 is 9.59 Å². The predicted molar refractivity (Wildman–Crippen MR) is 100 cm³/mol. The van der Waals surface area contributed by atoms with Crippen LogP contribution in [0.15, 0.2) is 30.3 Å². The molecular formula is C19H28N2O2S. The molecule has 0 aliphatic carbocycles. The highest BCUT2D eigenvalue weighted by molar-refractivity contribution is 7.99. The van der Waals surface area contributed by atoms with Gasteiger partial charge < -0.3 is 10.2 Å². The van der Waals surface area contributed by atoms with E-state index >= 15 is 0 Å². The van der Waals surface area contributed by atoms with Crippen LogP contribution in [0.5, 0.6) is 0 Å². The van der Waals surface area contributed by atoms with Crippen LogP contribution in [-0.2, 0) is 9.59 Å². The average molecular weight is 349 g/mol. The second kappa shape index (κ2) is 9.11. The zero-order valence-electron chi connectivity index (χ0n) is 14.8. The minimum atomic E-state index is -0.0612. The summed E-state index contributed by atoms with van der Waals surface area (Å²) in [5.41, 5.74) is 1.09. The van der Waals surface area contributed by atoms with Gasteiger partial charge in [-0.05, 0) is 38.0 Å². The topological polar surface area (TPSA) is 49.4 Å². The van der Waals surface area contributed by atoms with Crippen LogP contribution in [0.4, 0.5) is 0 Å². The molecule has 0 saturated carbocycles. The second-order valence-electron chi connectivity index (χ2n) is 6.36. The van der Waals surface area contributed by atoms with E-state index in [1.165, 1.54) is 0 Å². The van der Waals surface area contributed by atoms with Crippen molar-refractivity contribution in [1.82, 2.24) is 10.2 Å². The van der Waals surface area contributed by atoms with E-state index in [0.717, 1.165) is 37.9 Å². The minimum absolute atomic E-state index is 0.0211. The number of amides is 2. The Kier molecular flexibility index (Phi) is 7.16. The van der Waals surface area contributed by atoms with Gasteiger partial charge in [0.2, 0.25) is 11.8 Å². The molecule has 1 N–H and O–H groups in total. The standard InChI is InChI=1S/C19H28N2O2S/c1-4-17(15-8-6-5-7-9-15)19(23)21-12-10-16(11-13-21)20-18(22)14(2)24-3/h5-9,14,16-17H,4,10-13H2,1-3H3,(H,20,22). The van der Waals surface area contributed by atoms with E-state index in [2.05, 4.69) is 12.2 Å². The third kappa shape index (κ3) is 4.76. The third-order valence-corrected chi connectivity index (χ3v) is 5.71. The van der Waals surface area contributed by atoms with Crippen LogP contribution in [0.2, 0.25) is 0 Å². The molecule has 1 fully saturated rings. The van der Waals surface area contributed by atoms with E-state index in [4.69, 9.17) is 0 Å². The maximum atomic E-state index is 12.8. The monoisotopic (exact) mass is 348 g/mol. The molecule has 1 aromatic rings. The number of benzene rings is 1. The first-order chi connectivity index (χ1) is 11.6. The van der Waals surface area contributed by atoms with Gasteiger partial charge in [0.15, 0.2) is 0 Å². The average Bonchev–Trinajstić information content (AvgIpc) is 2.63. The first-order valence-electron chi connectivity index (χ1n) is 8.73. The van der Waals surface area contributed by atoms with Crippen LogP contribution in [0, 0.1) is 0 Å².